The number of hydrogen-bond acceptors (Lipinski definition) is 4. The van der Waals surface area contributed by atoms with E-state index in [9.17, 15) is 4.79 Å². The van der Waals surface area contributed by atoms with Crippen LogP contribution in [0.2, 0.25) is 0 Å². The first-order chi connectivity index (χ1) is 9.63. The van der Waals surface area contributed by atoms with Crippen LogP contribution < -0.4 is 10.5 Å². The number of Topliss-reactive ketones (excluding diaryl/α,β-unsaturated/α-hetero) is 1. The Balaban J connectivity index is 1.93. The average molecular weight is 268 g/mol. The molecule has 2 aromatic rings. The molecule has 0 aliphatic heterocycles. The van der Waals surface area contributed by atoms with Gasteiger partial charge in [0.2, 0.25) is 5.88 Å². The molecule has 4 heteroatoms. The number of anilines is 1. The third kappa shape index (κ3) is 2.37. The number of hydrogen-bond donors (Lipinski definition) is 1. The second-order valence-electron chi connectivity index (χ2n) is 5.02. The molecule has 0 unspecified atom stereocenters. The summed E-state index contributed by atoms with van der Waals surface area (Å²) in [5, 5.41) is 0. The molecule has 0 atom stereocenters. The van der Waals surface area contributed by atoms with E-state index in [0.29, 0.717) is 22.9 Å². The number of pyridine rings is 1. The van der Waals surface area contributed by atoms with E-state index in [4.69, 9.17) is 10.5 Å². The molecule has 4 nitrogen and oxygen atoms in total. The lowest BCUT2D eigenvalue weighted by Crippen LogP contribution is -2.00. The van der Waals surface area contributed by atoms with Gasteiger partial charge in [-0.2, -0.15) is 0 Å². The number of aryl methyl sites for hydroxylation is 2. The minimum Gasteiger partial charge on any atom is -0.438 e. The number of aromatic nitrogens is 1. The molecule has 1 aliphatic carbocycles. The first-order valence-electron chi connectivity index (χ1n) is 6.70. The maximum absolute atomic E-state index is 11.6. The summed E-state index contributed by atoms with van der Waals surface area (Å²) < 4.78 is 5.76. The van der Waals surface area contributed by atoms with Gasteiger partial charge in [-0.05, 0) is 49.9 Å². The lowest BCUT2D eigenvalue weighted by Gasteiger charge is -2.10. The van der Waals surface area contributed by atoms with Crippen LogP contribution in [-0.2, 0) is 12.8 Å². The van der Waals surface area contributed by atoms with Crippen molar-refractivity contribution < 1.29 is 9.53 Å². The highest BCUT2D eigenvalue weighted by atomic mass is 16.5. The maximum atomic E-state index is 11.6. The molecule has 1 heterocycles. The number of nitrogens with two attached hydrogens (primary N) is 1. The summed E-state index contributed by atoms with van der Waals surface area (Å²) in [6.07, 6.45) is 3.23. The van der Waals surface area contributed by atoms with E-state index >= 15 is 0 Å². The zero-order valence-corrected chi connectivity index (χ0v) is 11.3. The number of nitrogens with zero attached hydrogens (tertiary/aromatic N) is 1. The van der Waals surface area contributed by atoms with Crippen LogP contribution in [0.1, 0.15) is 35.0 Å². The van der Waals surface area contributed by atoms with Crippen molar-refractivity contribution in [3.63, 3.8) is 0 Å². The monoisotopic (exact) mass is 268 g/mol. The van der Waals surface area contributed by atoms with Gasteiger partial charge in [-0.25, -0.2) is 4.98 Å². The molecule has 0 fully saturated rings. The molecule has 3 rings (SSSR count). The molecular weight excluding hydrogens is 252 g/mol. The Hall–Kier alpha value is -2.36. The number of ketones is 1. The lowest BCUT2D eigenvalue weighted by molar-refractivity contribution is 0.101. The van der Waals surface area contributed by atoms with Crippen molar-refractivity contribution in [2.24, 2.45) is 0 Å². The van der Waals surface area contributed by atoms with Gasteiger partial charge in [0.15, 0.2) is 5.78 Å². The van der Waals surface area contributed by atoms with Gasteiger partial charge < -0.3 is 10.5 Å². The first kappa shape index (κ1) is 12.7. The van der Waals surface area contributed by atoms with E-state index in [1.807, 2.05) is 6.07 Å². The van der Waals surface area contributed by atoms with Crippen molar-refractivity contribution in [1.29, 1.82) is 0 Å². The molecule has 2 N–H and O–H groups in total. The normalized spacial score (nSPS) is 13.1. The molecule has 1 aromatic heterocycles. The molecular formula is C16H16N2O2. The van der Waals surface area contributed by atoms with Crippen molar-refractivity contribution in [1.82, 2.24) is 4.98 Å². The number of carbonyl (C=O) groups is 1. The molecule has 0 amide bonds. The van der Waals surface area contributed by atoms with Crippen LogP contribution in [0.3, 0.4) is 0 Å². The Labute approximate surface area is 117 Å². The van der Waals surface area contributed by atoms with E-state index in [-0.39, 0.29) is 5.78 Å². The molecule has 0 radical (unpaired) electrons. The minimum atomic E-state index is -0.0755. The highest BCUT2D eigenvalue weighted by molar-refractivity contribution is 5.97. The van der Waals surface area contributed by atoms with Crippen LogP contribution in [0.25, 0.3) is 0 Å². The Morgan fingerprint density at radius 1 is 1.25 bits per heavy atom. The maximum Gasteiger partial charge on any atom is 0.219 e. The third-order valence-corrected chi connectivity index (χ3v) is 3.50. The molecule has 102 valence electrons. The first-order valence-corrected chi connectivity index (χ1v) is 6.70. The van der Waals surface area contributed by atoms with Gasteiger partial charge in [0.25, 0.3) is 0 Å². The SMILES string of the molecule is CC(=O)c1cc(N)ccc1Oc1ccc2c(n1)CCC2. The fourth-order valence-corrected chi connectivity index (χ4v) is 2.48. The Bertz CT molecular complexity index is 680. The van der Waals surface area contributed by atoms with Crippen molar-refractivity contribution >= 4 is 11.5 Å². The highest BCUT2D eigenvalue weighted by Gasteiger charge is 2.15. The minimum absolute atomic E-state index is 0.0755. The Morgan fingerprint density at radius 3 is 2.90 bits per heavy atom. The van der Waals surface area contributed by atoms with Gasteiger partial charge in [-0.3, -0.25) is 4.79 Å². The molecule has 20 heavy (non-hydrogen) atoms. The molecule has 0 saturated carbocycles. The van der Waals surface area contributed by atoms with Crippen molar-refractivity contribution in [3.8, 4) is 11.6 Å². The average Bonchev–Trinajstić information content (AvgIpc) is 2.88. The largest absolute Gasteiger partial charge is 0.438 e. The number of fused-ring (bicyclic) bond motifs is 1. The molecule has 0 spiro atoms. The zero-order valence-electron chi connectivity index (χ0n) is 11.3. The summed E-state index contributed by atoms with van der Waals surface area (Å²) >= 11 is 0. The quantitative estimate of drug-likeness (QED) is 0.686. The lowest BCUT2D eigenvalue weighted by atomic mass is 10.1. The smallest absolute Gasteiger partial charge is 0.219 e. The van der Waals surface area contributed by atoms with Crippen LogP contribution in [-0.4, -0.2) is 10.8 Å². The predicted molar refractivity (Wildman–Crippen MR) is 77.2 cm³/mol. The molecule has 1 aliphatic rings. The Kier molecular flexibility index (Phi) is 3.14. The van der Waals surface area contributed by atoms with E-state index < -0.39 is 0 Å². The van der Waals surface area contributed by atoms with Crippen LogP contribution in [0.4, 0.5) is 5.69 Å². The number of benzene rings is 1. The number of carbonyl (C=O) groups excluding carboxylic acids is 1. The van der Waals surface area contributed by atoms with Crippen LogP contribution in [0, 0.1) is 0 Å². The summed E-state index contributed by atoms with van der Waals surface area (Å²) in [7, 11) is 0. The number of ether oxygens (including phenoxy) is 1. The van der Waals surface area contributed by atoms with E-state index in [1.54, 1.807) is 18.2 Å². The summed E-state index contributed by atoms with van der Waals surface area (Å²) in [6.45, 7) is 1.50. The highest BCUT2D eigenvalue weighted by Crippen LogP contribution is 2.29. The van der Waals surface area contributed by atoms with E-state index in [2.05, 4.69) is 11.1 Å². The second kappa shape index (κ2) is 4.96. The van der Waals surface area contributed by atoms with Gasteiger partial charge >= 0.3 is 0 Å². The van der Waals surface area contributed by atoms with Gasteiger partial charge in [-0.15, -0.1) is 0 Å². The summed E-state index contributed by atoms with van der Waals surface area (Å²) in [4.78, 5) is 16.1. The topological polar surface area (TPSA) is 65.2 Å². The fourth-order valence-electron chi connectivity index (χ4n) is 2.48. The molecule has 1 aromatic carbocycles. The molecule has 0 bridgehead atoms. The fraction of sp³-hybridized carbons (Fsp3) is 0.250. The summed E-state index contributed by atoms with van der Waals surface area (Å²) in [6, 6.07) is 8.96. The molecule has 0 saturated heterocycles. The standard InChI is InChI=1S/C16H16N2O2/c1-10(19)13-9-12(17)6-7-15(13)20-16-8-5-11-3-2-4-14(11)18-16/h5-9H,2-4,17H2,1H3. The Morgan fingerprint density at radius 2 is 2.10 bits per heavy atom. The van der Waals surface area contributed by atoms with E-state index in [0.717, 1.165) is 25.0 Å². The van der Waals surface area contributed by atoms with Crippen LogP contribution in [0.15, 0.2) is 30.3 Å². The van der Waals surface area contributed by atoms with Gasteiger partial charge in [0.05, 0.1) is 5.56 Å². The predicted octanol–water partition coefficient (Wildman–Crippen LogP) is 3.15. The van der Waals surface area contributed by atoms with Gasteiger partial charge in [0, 0.05) is 17.4 Å². The summed E-state index contributed by atoms with van der Waals surface area (Å²) in [5.41, 5.74) is 9.13. The van der Waals surface area contributed by atoms with Crippen molar-refractivity contribution in [2.75, 3.05) is 5.73 Å². The van der Waals surface area contributed by atoms with Crippen LogP contribution in [0.5, 0.6) is 11.6 Å². The van der Waals surface area contributed by atoms with Gasteiger partial charge in [-0.1, -0.05) is 6.07 Å². The number of nitrogen functional groups attached to an aromatic ring is 1. The van der Waals surface area contributed by atoms with Crippen molar-refractivity contribution in [2.45, 2.75) is 26.2 Å². The second-order valence-corrected chi connectivity index (χ2v) is 5.02. The number of rotatable bonds is 3. The van der Waals surface area contributed by atoms with Crippen molar-refractivity contribution in [3.05, 3.63) is 47.2 Å². The van der Waals surface area contributed by atoms with Gasteiger partial charge in [0.1, 0.15) is 5.75 Å². The zero-order chi connectivity index (χ0) is 14.1. The summed E-state index contributed by atoms with van der Waals surface area (Å²) in [5.74, 6) is 0.948. The van der Waals surface area contributed by atoms with E-state index in [1.165, 1.54) is 12.5 Å². The van der Waals surface area contributed by atoms with Crippen LogP contribution >= 0.6 is 0 Å². The third-order valence-electron chi connectivity index (χ3n) is 3.50.